The van der Waals surface area contributed by atoms with Crippen molar-refractivity contribution in [3.63, 3.8) is 0 Å². The summed E-state index contributed by atoms with van der Waals surface area (Å²) in [7, 11) is 0. The second-order valence-corrected chi connectivity index (χ2v) is 6.50. The molecule has 2 aromatic carbocycles. The van der Waals surface area contributed by atoms with E-state index in [1.807, 2.05) is 24.3 Å². The van der Waals surface area contributed by atoms with Crippen LogP contribution in [-0.4, -0.2) is 27.7 Å². The van der Waals surface area contributed by atoms with Gasteiger partial charge in [-0.05, 0) is 48.3 Å². The van der Waals surface area contributed by atoms with Crippen LogP contribution in [0.1, 0.15) is 15.9 Å². The lowest BCUT2D eigenvalue weighted by Gasteiger charge is -2.05. The Labute approximate surface area is 150 Å². The summed E-state index contributed by atoms with van der Waals surface area (Å²) in [6.07, 6.45) is 6.02. The first kappa shape index (κ1) is 17.2. The first-order valence-electron chi connectivity index (χ1n) is 7.86. The largest absolute Gasteiger partial charge is 0.322 e. The number of carbonyl (C=O) groups is 1. The minimum absolute atomic E-state index is 0.278. The van der Waals surface area contributed by atoms with Crippen molar-refractivity contribution in [1.82, 2.24) is 9.78 Å². The third-order valence-electron chi connectivity index (χ3n) is 3.75. The third kappa shape index (κ3) is 4.28. The maximum absolute atomic E-state index is 13.8. The molecule has 25 heavy (non-hydrogen) atoms. The zero-order valence-corrected chi connectivity index (χ0v) is 14.6. The van der Waals surface area contributed by atoms with Crippen LogP contribution in [0.2, 0.25) is 0 Å². The Morgan fingerprint density at radius 2 is 1.96 bits per heavy atom. The van der Waals surface area contributed by atoms with E-state index in [9.17, 15) is 9.18 Å². The van der Waals surface area contributed by atoms with E-state index in [0.29, 0.717) is 11.3 Å². The molecule has 0 aliphatic heterocycles. The van der Waals surface area contributed by atoms with Crippen LogP contribution in [0.25, 0.3) is 5.69 Å². The number of para-hydroxylation sites is 1. The molecule has 0 unspecified atom stereocenters. The lowest BCUT2D eigenvalue weighted by Crippen LogP contribution is -2.11. The van der Waals surface area contributed by atoms with Crippen molar-refractivity contribution in [2.24, 2.45) is 0 Å². The molecular weight excluding hydrogens is 337 g/mol. The van der Waals surface area contributed by atoms with Gasteiger partial charge in [0, 0.05) is 11.9 Å². The molecule has 1 N–H and O–H groups in total. The summed E-state index contributed by atoms with van der Waals surface area (Å²) in [5.41, 5.74) is 2.63. The van der Waals surface area contributed by atoms with E-state index in [4.69, 9.17) is 0 Å². The SMILES string of the molecule is CSCCc1ccc(NC(=O)c2cnn(-c3ccccc3F)c2)cc1. The third-order valence-corrected chi connectivity index (χ3v) is 4.36. The summed E-state index contributed by atoms with van der Waals surface area (Å²) >= 11 is 1.80. The van der Waals surface area contributed by atoms with E-state index in [1.54, 1.807) is 30.0 Å². The quantitative estimate of drug-likeness (QED) is 0.722. The van der Waals surface area contributed by atoms with Gasteiger partial charge in [-0.3, -0.25) is 4.79 Å². The van der Waals surface area contributed by atoms with Crippen molar-refractivity contribution in [3.05, 3.63) is 77.9 Å². The normalized spacial score (nSPS) is 10.6. The highest BCUT2D eigenvalue weighted by molar-refractivity contribution is 7.98. The zero-order valence-electron chi connectivity index (χ0n) is 13.8. The molecule has 0 aliphatic rings. The van der Waals surface area contributed by atoms with Crippen molar-refractivity contribution in [3.8, 4) is 5.69 Å². The summed E-state index contributed by atoms with van der Waals surface area (Å²) in [5.74, 6) is 0.402. The smallest absolute Gasteiger partial charge is 0.258 e. The Bertz CT molecular complexity index is 861. The molecule has 4 nitrogen and oxygen atoms in total. The minimum atomic E-state index is -0.390. The lowest BCUT2D eigenvalue weighted by atomic mass is 10.1. The van der Waals surface area contributed by atoms with E-state index in [2.05, 4.69) is 16.7 Å². The molecule has 128 valence electrons. The number of rotatable bonds is 6. The van der Waals surface area contributed by atoms with Gasteiger partial charge in [0.25, 0.3) is 5.91 Å². The van der Waals surface area contributed by atoms with Crippen LogP contribution in [0, 0.1) is 5.82 Å². The monoisotopic (exact) mass is 355 g/mol. The predicted molar refractivity (Wildman–Crippen MR) is 100 cm³/mol. The van der Waals surface area contributed by atoms with Crippen LogP contribution >= 0.6 is 11.8 Å². The number of thioether (sulfide) groups is 1. The summed E-state index contributed by atoms with van der Waals surface area (Å²) in [4.78, 5) is 12.3. The van der Waals surface area contributed by atoms with Crippen molar-refractivity contribution >= 4 is 23.4 Å². The Morgan fingerprint density at radius 1 is 1.20 bits per heavy atom. The topological polar surface area (TPSA) is 46.9 Å². The molecule has 0 bridgehead atoms. The number of halogens is 1. The van der Waals surface area contributed by atoms with E-state index < -0.39 is 5.82 Å². The minimum Gasteiger partial charge on any atom is -0.322 e. The molecule has 3 rings (SSSR count). The molecule has 0 atom stereocenters. The molecular formula is C19H18FN3OS. The van der Waals surface area contributed by atoms with Gasteiger partial charge in [-0.25, -0.2) is 9.07 Å². The number of hydrogen-bond acceptors (Lipinski definition) is 3. The zero-order chi connectivity index (χ0) is 17.6. The number of aromatic nitrogens is 2. The van der Waals surface area contributed by atoms with Gasteiger partial charge < -0.3 is 5.32 Å². The molecule has 1 aromatic heterocycles. The summed E-state index contributed by atoms with van der Waals surface area (Å²) in [5, 5.41) is 6.90. The van der Waals surface area contributed by atoms with Crippen LogP contribution in [-0.2, 0) is 6.42 Å². The van der Waals surface area contributed by atoms with Gasteiger partial charge >= 0.3 is 0 Å². The first-order valence-corrected chi connectivity index (χ1v) is 9.25. The molecule has 6 heteroatoms. The first-order chi connectivity index (χ1) is 12.2. The second-order valence-electron chi connectivity index (χ2n) is 5.52. The number of carbonyl (C=O) groups excluding carboxylic acids is 1. The summed E-state index contributed by atoms with van der Waals surface area (Å²) < 4.78 is 15.2. The predicted octanol–water partition coefficient (Wildman–Crippen LogP) is 4.17. The van der Waals surface area contributed by atoms with Gasteiger partial charge in [0.05, 0.1) is 11.8 Å². The van der Waals surface area contributed by atoms with Gasteiger partial charge in [0.1, 0.15) is 11.5 Å². The lowest BCUT2D eigenvalue weighted by molar-refractivity contribution is 0.102. The summed E-state index contributed by atoms with van der Waals surface area (Å²) in [6, 6.07) is 14.1. The van der Waals surface area contributed by atoms with Crippen LogP contribution in [0.5, 0.6) is 0 Å². The molecule has 0 fully saturated rings. The Kier molecular flexibility index (Phi) is 5.50. The molecule has 0 radical (unpaired) electrons. The van der Waals surface area contributed by atoms with Crippen molar-refractivity contribution < 1.29 is 9.18 Å². The maximum atomic E-state index is 13.8. The molecule has 0 spiro atoms. The molecule has 1 amide bonds. The van der Waals surface area contributed by atoms with Gasteiger partial charge in [-0.1, -0.05) is 24.3 Å². The summed E-state index contributed by atoms with van der Waals surface area (Å²) in [6.45, 7) is 0. The molecule has 3 aromatic rings. The van der Waals surface area contributed by atoms with Crippen LogP contribution < -0.4 is 5.32 Å². The van der Waals surface area contributed by atoms with Crippen LogP contribution in [0.4, 0.5) is 10.1 Å². The standard InChI is InChI=1S/C19H18FN3OS/c1-25-11-10-14-6-8-16(9-7-14)22-19(24)15-12-21-23(13-15)18-5-3-2-4-17(18)20/h2-9,12-13H,10-11H2,1H3,(H,22,24). The fourth-order valence-corrected chi connectivity index (χ4v) is 2.83. The van der Waals surface area contributed by atoms with E-state index >= 15 is 0 Å². The van der Waals surface area contributed by atoms with E-state index in [-0.39, 0.29) is 5.91 Å². The fraction of sp³-hybridized carbons (Fsp3) is 0.158. The van der Waals surface area contributed by atoms with Crippen molar-refractivity contribution in [2.45, 2.75) is 6.42 Å². The number of nitrogens with zero attached hydrogens (tertiary/aromatic N) is 2. The number of anilines is 1. The molecule has 0 saturated heterocycles. The molecule has 0 saturated carbocycles. The Hall–Kier alpha value is -2.60. The second kappa shape index (κ2) is 7.98. The van der Waals surface area contributed by atoms with Crippen molar-refractivity contribution in [2.75, 3.05) is 17.3 Å². The highest BCUT2D eigenvalue weighted by Crippen LogP contribution is 2.15. The number of hydrogen-bond donors (Lipinski definition) is 1. The fourth-order valence-electron chi connectivity index (χ4n) is 2.39. The Morgan fingerprint density at radius 3 is 2.68 bits per heavy atom. The van der Waals surface area contributed by atoms with Gasteiger partial charge in [0.15, 0.2) is 0 Å². The van der Waals surface area contributed by atoms with Gasteiger partial charge in [-0.15, -0.1) is 0 Å². The maximum Gasteiger partial charge on any atom is 0.258 e. The highest BCUT2D eigenvalue weighted by Gasteiger charge is 2.11. The van der Waals surface area contributed by atoms with E-state index in [1.165, 1.54) is 28.7 Å². The van der Waals surface area contributed by atoms with Crippen LogP contribution in [0.3, 0.4) is 0 Å². The average Bonchev–Trinajstić information content (AvgIpc) is 3.11. The number of aryl methyl sites for hydroxylation is 1. The molecule has 0 aliphatic carbocycles. The number of amides is 1. The molecule has 1 heterocycles. The number of nitrogens with one attached hydrogen (secondary N) is 1. The average molecular weight is 355 g/mol. The van der Waals surface area contributed by atoms with Gasteiger partial charge in [-0.2, -0.15) is 16.9 Å². The van der Waals surface area contributed by atoms with E-state index in [0.717, 1.165) is 17.9 Å². The highest BCUT2D eigenvalue weighted by atomic mass is 32.2. The van der Waals surface area contributed by atoms with Crippen molar-refractivity contribution in [1.29, 1.82) is 0 Å². The number of benzene rings is 2. The van der Waals surface area contributed by atoms with Crippen LogP contribution in [0.15, 0.2) is 60.9 Å². The Balaban J connectivity index is 1.69. The van der Waals surface area contributed by atoms with Gasteiger partial charge in [0.2, 0.25) is 0 Å².